The number of allylic oxidation sites excluding steroid dienone is 1. The van der Waals surface area contributed by atoms with Gasteiger partial charge < -0.3 is 0 Å². The first-order chi connectivity index (χ1) is 8.90. The Kier molecular flexibility index (Phi) is 5.10. The molecule has 0 saturated heterocycles. The normalized spacial score (nSPS) is 11.5. The lowest BCUT2D eigenvalue weighted by Gasteiger charge is -2.07. The third-order valence-electron chi connectivity index (χ3n) is 2.65. The molecular weight excluding hydrogens is 236 g/mol. The van der Waals surface area contributed by atoms with Crippen LogP contribution in [0.25, 0.3) is 4.91 Å². The summed E-state index contributed by atoms with van der Waals surface area (Å²) < 4.78 is 0. The number of hydrogen-bond acceptors (Lipinski definition) is 1. The lowest BCUT2D eigenvalue weighted by Crippen LogP contribution is -1.80. The monoisotopic (exact) mass is 254 g/mol. The summed E-state index contributed by atoms with van der Waals surface area (Å²) in [5, 5.41) is 0. The number of thioether (sulfide) groups is 1. The molecule has 0 aromatic heterocycles. The third kappa shape index (κ3) is 3.78. The fourth-order valence-corrected chi connectivity index (χ4v) is 2.71. The van der Waals surface area contributed by atoms with Crippen LogP contribution < -0.4 is 0 Å². The molecule has 2 rings (SSSR count). The largest absolute Gasteiger partial charge is 0.0898 e. The Morgan fingerprint density at radius 2 is 1.56 bits per heavy atom. The summed E-state index contributed by atoms with van der Waals surface area (Å²) >= 11 is 1.84. The van der Waals surface area contributed by atoms with E-state index in [0.717, 1.165) is 6.42 Å². The molecule has 0 N–H and O–H groups in total. The van der Waals surface area contributed by atoms with Gasteiger partial charge in [0.1, 0.15) is 0 Å². The van der Waals surface area contributed by atoms with Gasteiger partial charge in [-0.1, -0.05) is 79.7 Å². The molecule has 2 aromatic carbocycles. The van der Waals surface area contributed by atoms with E-state index in [1.807, 2.05) is 11.8 Å². The SMILES string of the molecule is CCC/C=C(\Sc1ccccc1)c1ccccc1. The molecule has 0 aliphatic heterocycles. The predicted molar refractivity (Wildman–Crippen MR) is 81.6 cm³/mol. The van der Waals surface area contributed by atoms with E-state index in [0.29, 0.717) is 0 Å². The van der Waals surface area contributed by atoms with Crippen LogP contribution in [0.5, 0.6) is 0 Å². The van der Waals surface area contributed by atoms with Crippen LogP contribution in [0.2, 0.25) is 0 Å². The lowest BCUT2D eigenvalue weighted by atomic mass is 10.2. The van der Waals surface area contributed by atoms with Gasteiger partial charge in [-0.05, 0) is 24.1 Å². The van der Waals surface area contributed by atoms with Crippen LogP contribution in [0, 0.1) is 0 Å². The summed E-state index contributed by atoms with van der Waals surface area (Å²) in [5.74, 6) is 0. The first kappa shape index (κ1) is 13.0. The molecule has 0 radical (unpaired) electrons. The molecule has 0 unspecified atom stereocenters. The maximum atomic E-state index is 2.34. The van der Waals surface area contributed by atoms with Crippen LogP contribution in [-0.2, 0) is 0 Å². The summed E-state index contributed by atoms with van der Waals surface area (Å²) in [7, 11) is 0. The fourth-order valence-electron chi connectivity index (χ4n) is 1.71. The van der Waals surface area contributed by atoms with E-state index in [2.05, 4.69) is 73.7 Å². The Labute approximate surface area is 114 Å². The minimum Gasteiger partial charge on any atom is -0.0898 e. The number of hydrogen-bond donors (Lipinski definition) is 0. The summed E-state index contributed by atoms with van der Waals surface area (Å²) in [6.45, 7) is 2.21. The summed E-state index contributed by atoms with van der Waals surface area (Å²) in [6.07, 6.45) is 4.66. The lowest BCUT2D eigenvalue weighted by molar-refractivity contribution is 0.961. The van der Waals surface area contributed by atoms with E-state index in [1.165, 1.54) is 21.8 Å². The van der Waals surface area contributed by atoms with E-state index >= 15 is 0 Å². The molecule has 0 amide bonds. The molecule has 0 fully saturated rings. The summed E-state index contributed by atoms with van der Waals surface area (Å²) in [5.41, 5.74) is 1.31. The number of rotatable bonds is 5. The van der Waals surface area contributed by atoms with Gasteiger partial charge >= 0.3 is 0 Å². The van der Waals surface area contributed by atoms with Crippen LogP contribution in [0.4, 0.5) is 0 Å². The van der Waals surface area contributed by atoms with Gasteiger partial charge in [0.2, 0.25) is 0 Å². The molecule has 0 aliphatic carbocycles. The highest BCUT2D eigenvalue weighted by Gasteiger charge is 2.02. The molecular formula is C17H18S. The van der Waals surface area contributed by atoms with Crippen LogP contribution in [0.15, 0.2) is 71.6 Å². The molecule has 2 aromatic rings. The average Bonchev–Trinajstić information content (AvgIpc) is 2.45. The molecule has 0 spiro atoms. The summed E-state index contributed by atoms with van der Waals surface area (Å²) in [6, 6.07) is 21.2. The van der Waals surface area contributed by atoms with Crippen molar-refractivity contribution in [2.75, 3.05) is 0 Å². The Bertz CT molecular complexity index is 486. The third-order valence-corrected chi connectivity index (χ3v) is 3.78. The zero-order chi connectivity index (χ0) is 12.6. The highest BCUT2D eigenvalue weighted by molar-refractivity contribution is 8.08. The van der Waals surface area contributed by atoms with Crippen molar-refractivity contribution in [1.82, 2.24) is 0 Å². The second-order valence-corrected chi connectivity index (χ2v) is 5.25. The van der Waals surface area contributed by atoms with Crippen LogP contribution >= 0.6 is 11.8 Å². The van der Waals surface area contributed by atoms with Crippen molar-refractivity contribution in [3.8, 4) is 0 Å². The van der Waals surface area contributed by atoms with E-state index < -0.39 is 0 Å². The van der Waals surface area contributed by atoms with Crippen LogP contribution in [0.3, 0.4) is 0 Å². The zero-order valence-corrected chi connectivity index (χ0v) is 11.5. The van der Waals surface area contributed by atoms with Crippen molar-refractivity contribution in [2.24, 2.45) is 0 Å². The minimum atomic E-state index is 1.13. The van der Waals surface area contributed by atoms with Crippen molar-refractivity contribution in [2.45, 2.75) is 24.7 Å². The van der Waals surface area contributed by atoms with Gasteiger partial charge in [-0.3, -0.25) is 0 Å². The van der Waals surface area contributed by atoms with Gasteiger partial charge in [-0.2, -0.15) is 0 Å². The smallest absolute Gasteiger partial charge is 0.0154 e. The van der Waals surface area contributed by atoms with Crippen LogP contribution in [0.1, 0.15) is 25.3 Å². The number of unbranched alkanes of at least 4 members (excludes halogenated alkanes) is 1. The Morgan fingerprint density at radius 3 is 2.17 bits per heavy atom. The zero-order valence-electron chi connectivity index (χ0n) is 10.7. The maximum absolute atomic E-state index is 2.34. The second kappa shape index (κ2) is 7.07. The van der Waals surface area contributed by atoms with Gasteiger partial charge in [0.15, 0.2) is 0 Å². The molecule has 0 saturated carbocycles. The van der Waals surface area contributed by atoms with Gasteiger partial charge in [0.05, 0.1) is 0 Å². The molecule has 0 heterocycles. The van der Waals surface area contributed by atoms with Crippen molar-refractivity contribution in [3.05, 3.63) is 72.3 Å². The van der Waals surface area contributed by atoms with Gasteiger partial charge in [0.25, 0.3) is 0 Å². The Morgan fingerprint density at radius 1 is 0.944 bits per heavy atom. The molecule has 18 heavy (non-hydrogen) atoms. The highest BCUT2D eigenvalue weighted by atomic mass is 32.2. The second-order valence-electron chi connectivity index (χ2n) is 4.14. The molecule has 0 nitrogen and oxygen atoms in total. The molecule has 0 aliphatic rings. The van der Waals surface area contributed by atoms with Gasteiger partial charge in [0, 0.05) is 9.80 Å². The van der Waals surface area contributed by atoms with Crippen molar-refractivity contribution < 1.29 is 0 Å². The molecule has 1 heteroatoms. The standard InChI is InChI=1S/C17H18S/c1-2-3-14-17(15-10-6-4-7-11-15)18-16-12-8-5-9-13-16/h4-14H,2-3H2,1H3/b17-14-. The van der Waals surface area contributed by atoms with Crippen LogP contribution in [-0.4, -0.2) is 0 Å². The fraction of sp³-hybridized carbons (Fsp3) is 0.176. The van der Waals surface area contributed by atoms with Crippen molar-refractivity contribution in [1.29, 1.82) is 0 Å². The van der Waals surface area contributed by atoms with E-state index in [4.69, 9.17) is 0 Å². The van der Waals surface area contributed by atoms with Crippen molar-refractivity contribution >= 4 is 16.7 Å². The molecule has 92 valence electrons. The van der Waals surface area contributed by atoms with Gasteiger partial charge in [-0.15, -0.1) is 0 Å². The summed E-state index contributed by atoms with van der Waals surface area (Å²) in [4.78, 5) is 2.65. The quantitative estimate of drug-likeness (QED) is 0.624. The molecule has 0 bridgehead atoms. The first-order valence-corrected chi connectivity index (χ1v) is 7.20. The average molecular weight is 254 g/mol. The van der Waals surface area contributed by atoms with E-state index in [-0.39, 0.29) is 0 Å². The first-order valence-electron chi connectivity index (χ1n) is 6.38. The minimum absolute atomic E-state index is 1.13. The topological polar surface area (TPSA) is 0 Å². The predicted octanol–water partition coefficient (Wildman–Crippen LogP) is 5.62. The van der Waals surface area contributed by atoms with E-state index in [9.17, 15) is 0 Å². The highest BCUT2D eigenvalue weighted by Crippen LogP contribution is 2.34. The number of benzene rings is 2. The van der Waals surface area contributed by atoms with E-state index in [1.54, 1.807) is 0 Å². The molecule has 0 atom stereocenters. The Hall–Kier alpha value is -1.47. The van der Waals surface area contributed by atoms with Crippen molar-refractivity contribution in [3.63, 3.8) is 0 Å². The maximum Gasteiger partial charge on any atom is 0.0154 e. The Balaban J connectivity index is 2.22. The van der Waals surface area contributed by atoms with Gasteiger partial charge in [-0.25, -0.2) is 0 Å².